The van der Waals surface area contributed by atoms with Crippen molar-refractivity contribution in [2.24, 2.45) is 0 Å². The highest BCUT2D eigenvalue weighted by atomic mass is 79.9. The second-order valence-electron chi connectivity index (χ2n) is 4.04. The van der Waals surface area contributed by atoms with Gasteiger partial charge in [0.1, 0.15) is 17.6 Å². The predicted molar refractivity (Wildman–Crippen MR) is 76.3 cm³/mol. The fraction of sp³-hybridized carbons (Fsp3) is 0.214. The zero-order chi connectivity index (χ0) is 14.4. The summed E-state index contributed by atoms with van der Waals surface area (Å²) in [5.41, 5.74) is 0. The van der Waals surface area contributed by atoms with Crippen molar-refractivity contribution < 1.29 is 19.1 Å². The Labute approximate surface area is 124 Å². The molecule has 2 N–H and O–H groups in total. The number of aliphatic hydroxyl groups is 1. The summed E-state index contributed by atoms with van der Waals surface area (Å²) in [5, 5.41) is 11.9. The Morgan fingerprint density at radius 3 is 2.80 bits per heavy atom. The predicted octanol–water partition coefficient (Wildman–Crippen LogP) is 2.27. The molecular formula is C14H14BrNO4. The van der Waals surface area contributed by atoms with Crippen LogP contribution in [0, 0.1) is 0 Å². The lowest BCUT2D eigenvalue weighted by atomic mass is 10.2. The van der Waals surface area contributed by atoms with Crippen LogP contribution in [0.4, 0.5) is 0 Å². The number of benzene rings is 1. The van der Waals surface area contributed by atoms with Crippen LogP contribution in [0.3, 0.4) is 0 Å². The van der Waals surface area contributed by atoms with Gasteiger partial charge in [-0.2, -0.15) is 0 Å². The third-order valence-corrected chi connectivity index (χ3v) is 3.25. The molecule has 0 fully saturated rings. The minimum Gasteiger partial charge on any atom is -0.483 e. The van der Waals surface area contributed by atoms with E-state index in [0.29, 0.717) is 11.5 Å². The molecule has 1 heterocycles. The van der Waals surface area contributed by atoms with Gasteiger partial charge in [0, 0.05) is 0 Å². The number of ether oxygens (including phenoxy) is 1. The first-order chi connectivity index (χ1) is 9.70. The van der Waals surface area contributed by atoms with Gasteiger partial charge in [0.2, 0.25) is 0 Å². The molecule has 1 aromatic heterocycles. The molecule has 5 nitrogen and oxygen atoms in total. The molecule has 106 valence electrons. The Hall–Kier alpha value is -1.79. The lowest BCUT2D eigenvalue weighted by molar-refractivity contribution is -0.124. The molecule has 0 aliphatic carbocycles. The average Bonchev–Trinajstić information content (AvgIpc) is 2.98. The van der Waals surface area contributed by atoms with E-state index in [1.807, 2.05) is 18.2 Å². The zero-order valence-corrected chi connectivity index (χ0v) is 12.2. The zero-order valence-electron chi connectivity index (χ0n) is 10.6. The van der Waals surface area contributed by atoms with E-state index >= 15 is 0 Å². The number of rotatable bonds is 6. The largest absolute Gasteiger partial charge is 0.483 e. The van der Waals surface area contributed by atoms with E-state index in [-0.39, 0.29) is 19.1 Å². The number of hydrogen-bond donors (Lipinski definition) is 2. The molecule has 1 aromatic carbocycles. The third kappa shape index (κ3) is 3.85. The Kier molecular flexibility index (Phi) is 5.20. The Balaban J connectivity index is 1.88. The topological polar surface area (TPSA) is 71.7 Å². The fourth-order valence-corrected chi connectivity index (χ4v) is 2.04. The summed E-state index contributed by atoms with van der Waals surface area (Å²) >= 11 is 3.33. The highest BCUT2D eigenvalue weighted by molar-refractivity contribution is 9.10. The first kappa shape index (κ1) is 14.6. The molecule has 20 heavy (non-hydrogen) atoms. The van der Waals surface area contributed by atoms with E-state index in [4.69, 9.17) is 9.15 Å². The van der Waals surface area contributed by atoms with Gasteiger partial charge in [-0.3, -0.25) is 4.79 Å². The quantitative estimate of drug-likeness (QED) is 0.846. The van der Waals surface area contributed by atoms with Gasteiger partial charge in [-0.1, -0.05) is 12.1 Å². The van der Waals surface area contributed by atoms with Crippen LogP contribution in [0.5, 0.6) is 5.75 Å². The maximum Gasteiger partial charge on any atom is 0.258 e. The first-order valence-electron chi connectivity index (χ1n) is 6.01. The summed E-state index contributed by atoms with van der Waals surface area (Å²) in [6.45, 7) is -0.381. The van der Waals surface area contributed by atoms with Gasteiger partial charge in [-0.25, -0.2) is 0 Å². The van der Waals surface area contributed by atoms with E-state index in [2.05, 4.69) is 21.2 Å². The van der Waals surface area contributed by atoms with Gasteiger partial charge in [-0.15, -0.1) is 0 Å². The van der Waals surface area contributed by atoms with Crippen LogP contribution in [0.15, 0.2) is 51.6 Å². The molecule has 0 aliphatic rings. The highest BCUT2D eigenvalue weighted by Gasteiger charge is 2.16. The maximum absolute atomic E-state index is 11.8. The van der Waals surface area contributed by atoms with Crippen molar-refractivity contribution in [2.45, 2.75) is 6.04 Å². The van der Waals surface area contributed by atoms with Gasteiger partial charge >= 0.3 is 0 Å². The van der Waals surface area contributed by atoms with Crippen molar-refractivity contribution in [3.63, 3.8) is 0 Å². The Morgan fingerprint density at radius 2 is 2.15 bits per heavy atom. The van der Waals surface area contributed by atoms with E-state index in [1.54, 1.807) is 18.2 Å². The lowest BCUT2D eigenvalue weighted by Gasteiger charge is -2.14. The van der Waals surface area contributed by atoms with Gasteiger partial charge in [0.15, 0.2) is 6.61 Å². The molecule has 1 atom stereocenters. The van der Waals surface area contributed by atoms with Gasteiger partial charge in [0.05, 0.1) is 17.3 Å². The summed E-state index contributed by atoms with van der Waals surface area (Å²) in [6.07, 6.45) is 1.49. The first-order valence-corrected chi connectivity index (χ1v) is 6.81. The van der Waals surface area contributed by atoms with Gasteiger partial charge in [0.25, 0.3) is 5.91 Å². The SMILES string of the molecule is O=C(COc1ccccc1Br)NC(CO)c1ccco1. The van der Waals surface area contributed by atoms with Crippen LogP contribution in [0.1, 0.15) is 11.8 Å². The molecule has 0 saturated carbocycles. The maximum atomic E-state index is 11.8. The Bertz CT molecular complexity index is 556. The van der Waals surface area contributed by atoms with Crippen molar-refractivity contribution in [2.75, 3.05) is 13.2 Å². The van der Waals surface area contributed by atoms with Crippen molar-refractivity contribution in [3.05, 3.63) is 52.9 Å². The number of furan rings is 1. The number of aliphatic hydroxyl groups excluding tert-OH is 1. The third-order valence-electron chi connectivity index (χ3n) is 2.60. The van der Waals surface area contributed by atoms with Crippen molar-refractivity contribution >= 4 is 21.8 Å². The number of halogens is 1. The van der Waals surface area contributed by atoms with E-state index < -0.39 is 6.04 Å². The van der Waals surface area contributed by atoms with Crippen LogP contribution < -0.4 is 10.1 Å². The normalized spacial score (nSPS) is 11.9. The Morgan fingerprint density at radius 1 is 1.35 bits per heavy atom. The molecule has 1 unspecified atom stereocenters. The second-order valence-corrected chi connectivity index (χ2v) is 4.89. The van der Waals surface area contributed by atoms with Gasteiger partial charge < -0.3 is 19.6 Å². The highest BCUT2D eigenvalue weighted by Crippen LogP contribution is 2.23. The van der Waals surface area contributed by atoms with Crippen molar-refractivity contribution in [1.82, 2.24) is 5.32 Å². The summed E-state index contributed by atoms with van der Waals surface area (Å²) in [6, 6.07) is 10.1. The average molecular weight is 340 g/mol. The molecule has 2 rings (SSSR count). The fourth-order valence-electron chi connectivity index (χ4n) is 1.64. The van der Waals surface area contributed by atoms with E-state index in [9.17, 15) is 9.90 Å². The summed E-state index contributed by atoms with van der Waals surface area (Å²) in [5.74, 6) is 0.749. The molecule has 2 aromatic rings. The van der Waals surface area contributed by atoms with Crippen LogP contribution in [-0.2, 0) is 4.79 Å². The smallest absolute Gasteiger partial charge is 0.258 e. The summed E-state index contributed by atoms with van der Waals surface area (Å²) in [4.78, 5) is 11.8. The summed E-state index contributed by atoms with van der Waals surface area (Å²) < 4.78 is 11.3. The monoisotopic (exact) mass is 339 g/mol. The van der Waals surface area contributed by atoms with Crippen LogP contribution in [0.25, 0.3) is 0 Å². The lowest BCUT2D eigenvalue weighted by Crippen LogP contribution is -2.34. The standard InChI is InChI=1S/C14H14BrNO4/c15-10-4-1-2-5-12(10)20-9-14(18)16-11(8-17)13-6-3-7-19-13/h1-7,11,17H,8-9H2,(H,16,18). The molecule has 1 amide bonds. The van der Waals surface area contributed by atoms with Crippen LogP contribution >= 0.6 is 15.9 Å². The van der Waals surface area contributed by atoms with Crippen LogP contribution in [-0.4, -0.2) is 24.2 Å². The molecule has 0 spiro atoms. The molecule has 0 aliphatic heterocycles. The molecular weight excluding hydrogens is 326 g/mol. The number of amides is 1. The second kappa shape index (κ2) is 7.12. The number of carbonyl (C=O) groups is 1. The number of para-hydroxylation sites is 1. The number of hydrogen-bond acceptors (Lipinski definition) is 4. The van der Waals surface area contributed by atoms with Crippen LogP contribution in [0.2, 0.25) is 0 Å². The minimum absolute atomic E-state index is 0.139. The van der Waals surface area contributed by atoms with Crippen molar-refractivity contribution in [1.29, 1.82) is 0 Å². The molecule has 0 saturated heterocycles. The minimum atomic E-state index is -0.569. The van der Waals surface area contributed by atoms with E-state index in [0.717, 1.165) is 4.47 Å². The number of carbonyl (C=O) groups excluding carboxylic acids is 1. The molecule has 0 radical (unpaired) electrons. The van der Waals surface area contributed by atoms with E-state index in [1.165, 1.54) is 6.26 Å². The molecule has 6 heteroatoms. The number of nitrogens with one attached hydrogen (secondary N) is 1. The van der Waals surface area contributed by atoms with Gasteiger partial charge in [-0.05, 0) is 40.2 Å². The molecule has 0 bridgehead atoms. The summed E-state index contributed by atoms with van der Waals surface area (Å²) in [7, 11) is 0. The van der Waals surface area contributed by atoms with Crippen molar-refractivity contribution in [3.8, 4) is 5.75 Å².